The number of hydrogen-bond acceptors (Lipinski definition) is 6. The summed E-state index contributed by atoms with van der Waals surface area (Å²) in [5, 5.41) is 7.81. The van der Waals surface area contributed by atoms with E-state index >= 15 is 0 Å². The van der Waals surface area contributed by atoms with Crippen LogP contribution >= 0.6 is 23.1 Å². The van der Waals surface area contributed by atoms with Crippen molar-refractivity contribution in [1.29, 1.82) is 0 Å². The van der Waals surface area contributed by atoms with Crippen molar-refractivity contribution in [3.05, 3.63) is 75.4 Å². The van der Waals surface area contributed by atoms with E-state index in [1.54, 1.807) is 28.8 Å². The Kier molecular flexibility index (Phi) is 6.62. The molecule has 2 aromatic heterocycles. The van der Waals surface area contributed by atoms with Crippen LogP contribution in [0.5, 0.6) is 0 Å². The highest BCUT2D eigenvalue weighted by atomic mass is 32.2. The summed E-state index contributed by atoms with van der Waals surface area (Å²) in [5.41, 5.74) is 4.56. The van der Waals surface area contributed by atoms with Crippen molar-refractivity contribution in [3.63, 3.8) is 0 Å². The topological polar surface area (TPSA) is 93.1 Å². The number of carbonyl (C=O) groups excluding carboxylic acids is 2. The van der Waals surface area contributed by atoms with E-state index in [1.165, 1.54) is 30.0 Å². The van der Waals surface area contributed by atoms with Crippen LogP contribution in [0.15, 0.2) is 63.9 Å². The second-order valence-corrected chi connectivity index (χ2v) is 9.40. The van der Waals surface area contributed by atoms with Crippen molar-refractivity contribution < 1.29 is 9.59 Å². The standard InChI is InChI=1S/C24H22N4O3S2/c1-14-7-8-19(11-15(14)2)28-23(31)22-20(9-10-32-22)27-24(28)33-13-21(30)26-18-6-4-5-17(12-18)25-16(3)29/h4-12H,13H2,1-3H3,(H,25,29)(H,26,30). The third kappa shape index (κ3) is 5.15. The minimum Gasteiger partial charge on any atom is -0.326 e. The zero-order chi connectivity index (χ0) is 23.5. The van der Waals surface area contributed by atoms with E-state index in [2.05, 4.69) is 15.6 Å². The number of anilines is 2. The highest BCUT2D eigenvalue weighted by Gasteiger charge is 2.16. The van der Waals surface area contributed by atoms with Gasteiger partial charge in [-0.25, -0.2) is 4.98 Å². The fraction of sp³-hybridized carbons (Fsp3) is 0.167. The normalized spacial score (nSPS) is 10.9. The molecule has 0 saturated heterocycles. The van der Waals surface area contributed by atoms with Gasteiger partial charge in [-0.3, -0.25) is 19.0 Å². The largest absolute Gasteiger partial charge is 0.326 e. The number of rotatable bonds is 6. The van der Waals surface area contributed by atoms with Crippen LogP contribution < -0.4 is 16.2 Å². The fourth-order valence-electron chi connectivity index (χ4n) is 3.29. The first-order valence-corrected chi connectivity index (χ1v) is 12.1. The average molecular weight is 479 g/mol. The van der Waals surface area contributed by atoms with Gasteiger partial charge in [0.25, 0.3) is 5.56 Å². The molecule has 168 valence electrons. The Balaban J connectivity index is 1.59. The van der Waals surface area contributed by atoms with Crippen LogP contribution in [-0.2, 0) is 9.59 Å². The number of nitrogens with one attached hydrogen (secondary N) is 2. The molecule has 0 unspecified atom stereocenters. The number of fused-ring (bicyclic) bond motifs is 1. The van der Waals surface area contributed by atoms with Gasteiger partial charge in [0.05, 0.1) is 17.0 Å². The van der Waals surface area contributed by atoms with E-state index in [9.17, 15) is 14.4 Å². The number of carbonyl (C=O) groups is 2. The molecule has 2 N–H and O–H groups in total. The third-order valence-corrected chi connectivity index (χ3v) is 6.83. The van der Waals surface area contributed by atoms with E-state index in [0.717, 1.165) is 16.8 Å². The van der Waals surface area contributed by atoms with Gasteiger partial charge in [0, 0.05) is 18.3 Å². The smallest absolute Gasteiger partial charge is 0.276 e. The van der Waals surface area contributed by atoms with Crippen molar-refractivity contribution in [1.82, 2.24) is 9.55 Å². The predicted molar refractivity (Wildman–Crippen MR) is 135 cm³/mol. The van der Waals surface area contributed by atoms with Gasteiger partial charge in [0.1, 0.15) is 4.70 Å². The predicted octanol–water partition coefficient (Wildman–Crippen LogP) is 4.75. The van der Waals surface area contributed by atoms with Crippen molar-refractivity contribution in [3.8, 4) is 5.69 Å². The highest BCUT2D eigenvalue weighted by Crippen LogP contribution is 2.25. The molecule has 0 fully saturated rings. The number of hydrogen-bond donors (Lipinski definition) is 2. The van der Waals surface area contributed by atoms with Gasteiger partial charge in [0.2, 0.25) is 11.8 Å². The number of thiophene rings is 1. The van der Waals surface area contributed by atoms with Crippen LogP contribution in [0.1, 0.15) is 18.1 Å². The minimum absolute atomic E-state index is 0.0668. The summed E-state index contributed by atoms with van der Waals surface area (Å²) >= 11 is 2.56. The molecule has 0 bridgehead atoms. The lowest BCUT2D eigenvalue weighted by Crippen LogP contribution is -2.22. The summed E-state index contributed by atoms with van der Waals surface area (Å²) < 4.78 is 2.15. The molecule has 7 nitrogen and oxygen atoms in total. The fourth-order valence-corrected chi connectivity index (χ4v) is 4.86. The molecule has 0 aliphatic carbocycles. The molecule has 0 spiro atoms. The number of nitrogens with zero attached hydrogens (tertiary/aromatic N) is 2. The van der Waals surface area contributed by atoms with E-state index < -0.39 is 0 Å². The Morgan fingerprint density at radius 1 is 1.03 bits per heavy atom. The van der Waals surface area contributed by atoms with Gasteiger partial charge < -0.3 is 10.6 Å². The summed E-state index contributed by atoms with van der Waals surface area (Å²) in [6.07, 6.45) is 0. The Bertz CT molecular complexity index is 1420. The van der Waals surface area contributed by atoms with Gasteiger partial charge in [-0.15, -0.1) is 11.3 Å². The number of amides is 2. The zero-order valence-corrected chi connectivity index (χ0v) is 20.0. The Labute approximate surface area is 198 Å². The highest BCUT2D eigenvalue weighted by molar-refractivity contribution is 7.99. The number of benzene rings is 2. The Hall–Kier alpha value is -3.43. The van der Waals surface area contributed by atoms with Gasteiger partial charge >= 0.3 is 0 Å². The SMILES string of the molecule is CC(=O)Nc1cccc(NC(=O)CSc2nc3ccsc3c(=O)n2-c2ccc(C)c(C)c2)c1. The van der Waals surface area contributed by atoms with Crippen molar-refractivity contribution in [2.45, 2.75) is 25.9 Å². The summed E-state index contributed by atoms with van der Waals surface area (Å²) in [6.45, 7) is 5.44. The molecular formula is C24H22N4O3S2. The molecular weight excluding hydrogens is 456 g/mol. The second-order valence-electron chi connectivity index (χ2n) is 7.54. The molecule has 4 rings (SSSR count). The maximum Gasteiger partial charge on any atom is 0.276 e. The molecule has 0 aliphatic rings. The summed E-state index contributed by atoms with van der Waals surface area (Å²) in [6, 6.07) is 14.5. The van der Waals surface area contributed by atoms with E-state index in [-0.39, 0.29) is 23.1 Å². The lowest BCUT2D eigenvalue weighted by Gasteiger charge is -2.13. The first-order valence-electron chi connectivity index (χ1n) is 10.2. The lowest BCUT2D eigenvalue weighted by molar-refractivity contribution is -0.114. The van der Waals surface area contributed by atoms with E-state index in [0.29, 0.717) is 26.7 Å². The van der Waals surface area contributed by atoms with E-state index in [4.69, 9.17) is 0 Å². The molecule has 4 aromatic rings. The number of aromatic nitrogens is 2. The Morgan fingerprint density at radius 3 is 2.52 bits per heavy atom. The molecule has 33 heavy (non-hydrogen) atoms. The summed E-state index contributed by atoms with van der Waals surface area (Å²) in [5.74, 6) is -0.364. The minimum atomic E-state index is -0.244. The first kappa shape index (κ1) is 22.8. The van der Waals surface area contributed by atoms with Gasteiger partial charge in [-0.05, 0) is 66.8 Å². The number of thioether (sulfide) groups is 1. The monoisotopic (exact) mass is 478 g/mol. The van der Waals surface area contributed by atoms with Crippen LogP contribution in [0.25, 0.3) is 15.9 Å². The Morgan fingerprint density at radius 2 is 1.79 bits per heavy atom. The van der Waals surface area contributed by atoms with Gasteiger partial charge in [0.15, 0.2) is 5.16 Å². The molecule has 2 amide bonds. The molecule has 2 heterocycles. The number of aryl methyl sites for hydroxylation is 2. The summed E-state index contributed by atoms with van der Waals surface area (Å²) in [4.78, 5) is 41.8. The van der Waals surface area contributed by atoms with Gasteiger partial charge in [-0.1, -0.05) is 23.9 Å². The van der Waals surface area contributed by atoms with Gasteiger partial charge in [-0.2, -0.15) is 0 Å². The maximum atomic E-state index is 13.3. The second kappa shape index (κ2) is 9.60. The lowest BCUT2D eigenvalue weighted by atomic mass is 10.1. The maximum absolute atomic E-state index is 13.3. The first-order chi connectivity index (χ1) is 15.8. The molecule has 0 atom stereocenters. The van der Waals surface area contributed by atoms with Crippen LogP contribution in [0.2, 0.25) is 0 Å². The van der Waals surface area contributed by atoms with Crippen LogP contribution in [0, 0.1) is 13.8 Å². The third-order valence-electron chi connectivity index (χ3n) is 5.00. The molecule has 2 aromatic carbocycles. The van der Waals surface area contributed by atoms with Crippen LogP contribution in [-0.4, -0.2) is 27.1 Å². The zero-order valence-electron chi connectivity index (χ0n) is 18.3. The molecule has 9 heteroatoms. The molecule has 0 saturated carbocycles. The van der Waals surface area contributed by atoms with Crippen molar-refractivity contribution in [2.24, 2.45) is 0 Å². The van der Waals surface area contributed by atoms with Crippen molar-refractivity contribution in [2.75, 3.05) is 16.4 Å². The van der Waals surface area contributed by atoms with E-state index in [1.807, 2.05) is 43.5 Å². The quantitative estimate of drug-likeness (QED) is 0.308. The van der Waals surface area contributed by atoms with Crippen LogP contribution in [0.4, 0.5) is 11.4 Å². The molecule has 0 aliphatic heterocycles. The molecule has 0 radical (unpaired) electrons. The van der Waals surface area contributed by atoms with Crippen LogP contribution in [0.3, 0.4) is 0 Å². The van der Waals surface area contributed by atoms with Crippen molar-refractivity contribution >= 4 is 56.5 Å². The average Bonchev–Trinajstić information content (AvgIpc) is 3.23. The summed E-state index contributed by atoms with van der Waals surface area (Å²) in [7, 11) is 0.